The van der Waals surface area contributed by atoms with Gasteiger partial charge in [0.2, 0.25) is 10.0 Å². The van der Waals surface area contributed by atoms with E-state index in [2.05, 4.69) is 37.5 Å². The first-order valence-electron chi connectivity index (χ1n) is 16.2. The molecule has 0 atom stereocenters. The Labute approximate surface area is 265 Å². The maximum absolute atomic E-state index is 14.3. The lowest BCUT2D eigenvalue weighted by atomic mass is 10.1. The number of aliphatic imine (C=N–C) groups is 1. The van der Waals surface area contributed by atoms with Gasteiger partial charge in [0, 0.05) is 68.9 Å². The van der Waals surface area contributed by atoms with Gasteiger partial charge in [0.05, 0.1) is 16.3 Å². The maximum Gasteiger partial charge on any atom is 0.270 e. The molecule has 0 radical (unpaired) electrons. The van der Waals surface area contributed by atoms with Gasteiger partial charge in [0.1, 0.15) is 4.90 Å². The Morgan fingerprint density at radius 3 is 1.93 bits per heavy atom. The minimum Gasteiger partial charge on any atom is -0.370 e. The van der Waals surface area contributed by atoms with E-state index < -0.39 is 14.9 Å². The highest BCUT2D eigenvalue weighted by Gasteiger charge is 2.31. The number of nitro groups is 1. The molecule has 9 nitrogen and oxygen atoms in total. The van der Waals surface area contributed by atoms with Crippen LogP contribution in [0.25, 0.3) is 0 Å². The molecule has 1 fully saturated rings. The number of anilines is 2. The van der Waals surface area contributed by atoms with E-state index in [0.717, 1.165) is 56.8 Å². The van der Waals surface area contributed by atoms with E-state index in [-0.39, 0.29) is 22.4 Å². The summed E-state index contributed by atoms with van der Waals surface area (Å²) in [6.07, 6.45) is 4.84. The van der Waals surface area contributed by atoms with Crippen LogP contribution in [0.4, 0.5) is 22.7 Å². The fraction of sp³-hybridized carbons (Fsp3) is 0.618. The van der Waals surface area contributed by atoms with Crippen molar-refractivity contribution < 1.29 is 13.3 Å². The summed E-state index contributed by atoms with van der Waals surface area (Å²) >= 11 is 0. The van der Waals surface area contributed by atoms with Crippen molar-refractivity contribution in [3.63, 3.8) is 0 Å². The van der Waals surface area contributed by atoms with Gasteiger partial charge in [-0.25, -0.2) is 8.42 Å². The molecule has 0 aromatic heterocycles. The van der Waals surface area contributed by atoms with Gasteiger partial charge < -0.3 is 9.80 Å². The highest BCUT2D eigenvalue weighted by molar-refractivity contribution is 7.89. The second-order valence-corrected chi connectivity index (χ2v) is 15.7. The SMILES string of the molecule is CC(C)CN(CC(C)C)c1ccc([N+](=O)[O-])cc1C=Nc1ccc(N2CCCCC2)c(S(=O)(=O)N(CC(C)C)CC(C)C)c1. The number of hydrogen-bond donors (Lipinski definition) is 0. The van der Waals surface area contributed by atoms with E-state index in [9.17, 15) is 18.5 Å². The molecule has 0 N–H and O–H groups in total. The van der Waals surface area contributed by atoms with Gasteiger partial charge >= 0.3 is 0 Å². The van der Waals surface area contributed by atoms with Crippen LogP contribution < -0.4 is 9.80 Å². The van der Waals surface area contributed by atoms with E-state index in [1.807, 2.05) is 39.8 Å². The van der Waals surface area contributed by atoms with Crippen molar-refractivity contribution in [1.29, 1.82) is 0 Å². The molecule has 2 aromatic carbocycles. The average Bonchev–Trinajstić information content (AvgIpc) is 2.94. The Kier molecular flexibility index (Phi) is 12.8. The zero-order chi connectivity index (χ0) is 32.6. The number of piperidine rings is 1. The smallest absolute Gasteiger partial charge is 0.270 e. The maximum atomic E-state index is 14.3. The molecule has 0 spiro atoms. The van der Waals surface area contributed by atoms with Gasteiger partial charge in [-0.3, -0.25) is 15.1 Å². The zero-order valence-corrected chi connectivity index (χ0v) is 28.8. The molecule has 1 heterocycles. The van der Waals surface area contributed by atoms with Crippen molar-refractivity contribution in [2.24, 2.45) is 28.7 Å². The number of rotatable bonds is 15. The van der Waals surface area contributed by atoms with Crippen molar-refractivity contribution >= 4 is 39.0 Å². The standard InChI is InChI=1S/C34H53N5O4S/c1-25(2)21-37(22-26(3)4)32-15-13-31(39(40)41)18-29(32)20-35-30-12-14-33(36-16-10-9-11-17-36)34(19-30)44(42,43)38(23-27(5)6)24-28(7)8/h12-15,18-20,25-28H,9-11,16-17,21-24H2,1-8H3. The Morgan fingerprint density at radius 2 is 1.41 bits per heavy atom. The third-order valence-electron chi connectivity index (χ3n) is 7.48. The predicted molar refractivity (Wildman–Crippen MR) is 183 cm³/mol. The second-order valence-electron chi connectivity index (χ2n) is 13.8. The molecule has 244 valence electrons. The minimum absolute atomic E-state index is 0.00836. The number of hydrogen-bond acceptors (Lipinski definition) is 7. The molecule has 0 aliphatic carbocycles. The molecule has 3 rings (SSSR count). The van der Waals surface area contributed by atoms with E-state index >= 15 is 0 Å². The normalized spacial score (nSPS) is 14.6. The quantitative estimate of drug-likeness (QED) is 0.114. The Bertz CT molecular complexity index is 1360. The fourth-order valence-electron chi connectivity index (χ4n) is 5.75. The Morgan fingerprint density at radius 1 is 0.841 bits per heavy atom. The summed E-state index contributed by atoms with van der Waals surface area (Å²) in [5.74, 6) is 1.14. The molecule has 10 heteroatoms. The number of benzene rings is 2. The van der Waals surface area contributed by atoms with Crippen molar-refractivity contribution in [3.05, 3.63) is 52.1 Å². The molecule has 0 saturated carbocycles. The Hall–Kier alpha value is -2.98. The van der Waals surface area contributed by atoms with E-state index in [0.29, 0.717) is 36.2 Å². The van der Waals surface area contributed by atoms with Crippen LogP contribution in [0.15, 0.2) is 46.3 Å². The third kappa shape index (κ3) is 9.76. The first-order valence-corrected chi connectivity index (χ1v) is 17.6. The summed E-state index contributed by atoms with van der Waals surface area (Å²) in [6, 6.07) is 10.3. The molecule has 44 heavy (non-hydrogen) atoms. The molecule has 0 bridgehead atoms. The molecule has 0 amide bonds. The molecular weight excluding hydrogens is 574 g/mol. The topological polar surface area (TPSA) is 99.4 Å². The molecule has 1 aliphatic rings. The molecule has 1 aliphatic heterocycles. The number of nitro benzene ring substituents is 1. The number of nitrogens with zero attached hydrogens (tertiary/aromatic N) is 5. The van der Waals surface area contributed by atoms with Crippen LogP contribution in [0.3, 0.4) is 0 Å². The number of non-ortho nitro benzene ring substituents is 1. The van der Waals surface area contributed by atoms with E-state index in [1.165, 1.54) is 6.07 Å². The minimum atomic E-state index is -3.82. The van der Waals surface area contributed by atoms with Crippen molar-refractivity contribution in [3.8, 4) is 0 Å². The average molecular weight is 628 g/mol. The highest BCUT2D eigenvalue weighted by atomic mass is 32.2. The lowest BCUT2D eigenvalue weighted by Gasteiger charge is -2.32. The van der Waals surface area contributed by atoms with Crippen molar-refractivity contribution in [1.82, 2.24) is 4.31 Å². The van der Waals surface area contributed by atoms with Gasteiger partial charge in [-0.1, -0.05) is 55.4 Å². The van der Waals surface area contributed by atoms with Crippen LogP contribution in [0.1, 0.15) is 80.2 Å². The monoisotopic (exact) mass is 627 g/mol. The summed E-state index contributed by atoms with van der Waals surface area (Å²) in [5, 5.41) is 11.7. The summed E-state index contributed by atoms with van der Waals surface area (Å²) in [4.78, 5) is 20.8. The van der Waals surface area contributed by atoms with Crippen LogP contribution in [-0.4, -0.2) is 63.1 Å². The van der Waals surface area contributed by atoms with Crippen molar-refractivity contribution in [2.75, 3.05) is 49.1 Å². The molecule has 2 aromatic rings. The van der Waals surface area contributed by atoms with Gasteiger partial charge in [-0.15, -0.1) is 0 Å². The first-order chi connectivity index (χ1) is 20.7. The fourth-order valence-corrected chi connectivity index (χ4v) is 7.75. The molecule has 1 saturated heterocycles. The molecular formula is C34H53N5O4S. The van der Waals surface area contributed by atoms with Crippen LogP contribution in [0.2, 0.25) is 0 Å². The summed E-state index contributed by atoms with van der Waals surface area (Å²) in [6.45, 7) is 20.9. The lowest BCUT2D eigenvalue weighted by Crippen LogP contribution is -2.38. The third-order valence-corrected chi connectivity index (χ3v) is 9.34. The van der Waals surface area contributed by atoms with Crippen LogP contribution in [-0.2, 0) is 10.0 Å². The van der Waals surface area contributed by atoms with Crippen LogP contribution >= 0.6 is 0 Å². The van der Waals surface area contributed by atoms with Crippen LogP contribution in [0.5, 0.6) is 0 Å². The Balaban J connectivity index is 2.14. The molecule has 0 unspecified atom stereocenters. The number of sulfonamides is 1. The van der Waals surface area contributed by atoms with Gasteiger partial charge in [0.25, 0.3) is 5.69 Å². The van der Waals surface area contributed by atoms with Crippen molar-refractivity contribution in [2.45, 2.75) is 79.5 Å². The second kappa shape index (κ2) is 15.8. The predicted octanol–water partition coefficient (Wildman–Crippen LogP) is 7.76. The summed E-state index contributed by atoms with van der Waals surface area (Å²) in [7, 11) is -3.82. The van der Waals surface area contributed by atoms with E-state index in [1.54, 1.807) is 28.7 Å². The highest BCUT2D eigenvalue weighted by Crippen LogP contribution is 2.35. The summed E-state index contributed by atoms with van der Waals surface area (Å²) in [5.41, 5.74) is 2.71. The zero-order valence-electron chi connectivity index (χ0n) is 28.0. The summed E-state index contributed by atoms with van der Waals surface area (Å²) < 4.78 is 30.3. The lowest BCUT2D eigenvalue weighted by molar-refractivity contribution is -0.384. The van der Waals surface area contributed by atoms with E-state index in [4.69, 9.17) is 4.99 Å². The van der Waals surface area contributed by atoms with Crippen LogP contribution in [0, 0.1) is 33.8 Å². The largest absolute Gasteiger partial charge is 0.370 e. The van der Waals surface area contributed by atoms with Gasteiger partial charge in [-0.2, -0.15) is 4.31 Å². The van der Waals surface area contributed by atoms with Gasteiger partial charge in [-0.05, 0) is 67.2 Å². The van der Waals surface area contributed by atoms with Gasteiger partial charge in [0.15, 0.2) is 0 Å². The first kappa shape index (κ1) is 35.5.